The van der Waals surface area contributed by atoms with Gasteiger partial charge in [0.1, 0.15) is 0 Å². The van der Waals surface area contributed by atoms with E-state index in [1.807, 2.05) is 22.9 Å². The van der Waals surface area contributed by atoms with E-state index in [9.17, 15) is 0 Å². The Morgan fingerprint density at radius 2 is 1.80 bits per heavy atom. The summed E-state index contributed by atoms with van der Waals surface area (Å²) >= 11 is 0. The minimum atomic E-state index is 0.442. The van der Waals surface area contributed by atoms with Crippen molar-refractivity contribution in [1.29, 1.82) is 0 Å². The zero-order valence-corrected chi connectivity index (χ0v) is 17.7. The van der Waals surface area contributed by atoms with Gasteiger partial charge in [-0.3, -0.25) is 4.68 Å². The monoisotopic (exact) mass is 398 g/mol. The van der Waals surface area contributed by atoms with Crippen LogP contribution in [0.25, 0.3) is 23.0 Å². The highest BCUT2D eigenvalue weighted by atomic mass is 16.5. The van der Waals surface area contributed by atoms with Crippen molar-refractivity contribution < 1.29 is 4.52 Å². The van der Waals surface area contributed by atoms with E-state index < -0.39 is 0 Å². The zero-order valence-electron chi connectivity index (χ0n) is 17.7. The Morgan fingerprint density at radius 1 is 1.07 bits per heavy atom. The third-order valence-electron chi connectivity index (χ3n) is 5.34. The number of nitrogens with zero attached hydrogens (tertiary/aromatic N) is 4. The summed E-state index contributed by atoms with van der Waals surface area (Å²) in [6.45, 7) is 10.9. The molecule has 0 saturated heterocycles. The Labute approximate surface area is 177 Å². The van der Waals surface area contributed by atoms with Crippen molar-refractivity contribution in [2.24, 2.45) is 0 Å². The maximum Gasteiger partial charge on any atom is 0.278 e. The third kappa shape index (κ3) is 3.96. The van der Waals surface area contributed by atoms with Gasteiger partial charge in [0.25, 0.3) is 5.89 Å². The van der Waals surface area contributed by atoms with E-state index in [-0.39, 0.29) is 0 Å². The molecule has 2 aromatic heterocycles. The normalized spacial score (nSPS) is 11.0. The van der Waals surface area contributed by atoms with Crippen molar-refractivity contribution in [3.05, 3.63) is 89.1 Å². The molecule has 4 rings (SSSR count). The van der Waals surface area contributed by atoms with Crippen LogP contribution in [0.15, 0.2) is 65.7 Å². The predicted molar refractivity (Wildman–Crippen MR) is 119 cm³/mol. The van der Waals surface area contributed by atoms with Crippen LogP contribution in [-0.2, 0) is 19.4 Å². The highest BCUT2D eigenvalue weighted by Gasteiger charge is 2.17. The van der Waals surface area contributed by atoms with Crippen LogP contribution in [0.2, 0.25) is 0 Å². The maximum atomic E-state index is 5.57. The van der Waals surface area contributed by atoms with Gasteiger partial charge in [-0.15, -0.1) is 6.58 Å². The van der Waals surface area contributed by atoms with Crippen molar-refractivity contribution >= 4 is 0 Å². The van der Waals surface area contributed by atoms with Gasteiger partial charge in [-0.2, -0.15) is 10.1 Å². The number of hydrogen-bond donors (Lipinski definition) is 0. The molecule has 0 aliphatic carbocycles. The summed E-state index contributed by atoms with van der Waals surface area (Å²) < 4.78 is 7.56. The Hall–Kier alpha value is -3.47. The fourth-order valence-corrected chi connectivity index (χ4v) is 3.81. The average Bonchev–Trinajstić information content (AvgIpc) is 3.38. The molecule has 0 amide bonds. The standard InChI is InChI=1S/C25H26N4O/c1-5-10-22-17(3)13-20(14-18(22)4)24-26-25(30-28-24)23-16-21(29(6-2)27-23)15-19-11-8-7-9-12-19/h5,7-9,11-14,16H,1,6,10,15H2,2-4H3. The van der Waals surface area contributed by atoms with Gasteiger partial charge in [0.15, 0.2) is 5.69 Å². The molecule has 0 atom stereocenters. The van der Waals surface area contributed by atoms with Crippen LogP contribution < -0.4 is 0 Å². The van der Waals surface area contributed by atoms with Gasteiger partial charge >= 0.3 is 0 Å². The topological polar surface area (TPSA) is 56.7 Å². The zero-order chi connectivity index (χ0) is 21.1. The minimum Gasteiger partial charge on any atom is -0.332 e. The lowest BCUT2D eigenvalue weighted by Crippen LogP contribution is -2.03. The number of aryl methyl sites for hydroxylation is 3. The second kappa shape index (κ2) is 8.49. The van der Waals surface area contributed by atoms with Crippen LogP contribution >= 0.6 is 0 Å². The molecule has 5 heteroatoms. The molecule has 0 radical (unpaired) electrons. The summed E-state index contributed by atoms with van der Waals surface area (Å²) in [5.41, 5.74) is 7.73. The van der Waals surface area contributed by atoms with E-state index in [1.165, 1.54) is 22.3 Å². The van der Waals surface area contributed by atoms with Gasteiger partial charge in [0, 0.05) is 24.2 Å². The van der Waals surface area contributed by atoms with Crippen LogP contribution in [0.5, 0.6) is 0 Å². The number of hydrogen-bond acceptors (Lipinski definition) is 4. The summed E-state index contributed by atoms with van der Waals surface area (Å²) in [6, 6.07) is 16.6. The lowest BCUT2D eigenvalue weighted by molar-refractivity contribution is 0.430. The van der Waals surface area contributed by atoms with E-state index in [4.69, 9.17) is 4.52 Å². The van der Waals surface area contributed by atoms with Crippen molar-refractivity contribution in [1.82, 2.24) is 19.9 Å². The van der Waals surface area contributed by atoms with Crippen molar-refractivity contribution in [3.63, 3.8) is 0 Å². The van der Waals surface area contributed by atoms with E-state index in [0.29, 0.717) is 17.4 Å². The predicted octanol–water partition coefficient (Wildman–Crippen LogP) is 5.56. The lowest BCUT2D eigenvalue weighted by Gasteiger charge is -2.09. The molecule has 0 spiro atoms. The van der Waals surface area contributed by atoms with Crippen LogP contribution in [0.1, 0.15) is 34.9 Å². The molecule has 0 fully saturated rings. The molecule has 30 heavy (non-hydrogen) atoms. The van der Waals surface area contributed by atoms with E-state index >= 15 is 0 Å². The third-order valence-corrected chi connectivity index (χ3v) is 5.34. The first-order valence-corrected chi connectivity index (χ1v) is 10.2. The summed E-state index contributed by atoms with van der Waals surface area (Å²) in [7, 11) is 0. The lowest BCUT2D eigenvalue weighted by atomic mass is 9.97. The molecule has 0 bridgehead atoms. The second-order valence-corrected chi connectivity index (χ2v) is 7.50. The highest BCUT2D eigenvalue weighted by molar-refractivity contribution is 5.61. The molecule has 5 nitrogen and oxygen atoms in total. The molecule has 0 unspecified atom stereocenters. The molecule has 152 valence electrons. The van der Waals surface area contributed by atoms with Gasteiger partial charge in [-0.25, -0.2) is 0 Å². The number of allylic oxidation sites excluding steroid dienone is 1. The van der Waals surface area contributed by atoms with Gasteiger partial charge in [-0.05, 0) is 67.6 Å². The summed E-state index contributed by atoms with van der Waals surface area (Å²) in [5.74, 6) is 1.02. The summed E-state index contributed by atoms with van der Waals surface area (Å²) in [4.78, 5) is 4.63. The molecule has 0 saturated carbocycles. The van der Waals surface area contributed by atoms with Gasteiger partial charge < -0.3 is 4.52 Å². The van der Waals surface area contributed by atoms with Crippen LogP contribution in [0.4, 0.5) is 0 Å². The molecule has 2 aromatic carbocycles. The number of aromatic nitrogens is 4. The van der Waals surface area contributed by atoms with Crippen LogP contribution in [0, 0.1) is 13.8 Å². The quantitative estimate of drug-likeness (QED) is 0.383. The Kier molecular flexibility index (Phi) is 5.61. The van der Waals surface area contributed by atoms with Crippen molar-refractivity contribution in [3.8, 4) is 23.0 Å². The average molecular weight is 399 g/mol. The minimum absolute atomic E-state index is 0.442. The summed E-state index contributed by atoms with van der Waals surface area (Å²) in [5, 5.41) is 8.90. The highest BCUT2D eigenvalue weighted by Crippen LogP contribution is 2.27. The fraction of sp³-hybridized carbons (Fsp3) is 0.240. The number of benzene rings is 2. The van der Waals surface area contributed by atoms with Crippen molar-refractivity contribution in [2.45, 2.75) is 40.2 Å². The van der Waals surface area contributed by atoms with Gasteiger partial charge in [0.2, 0.25) is 5.82 Å². The molecule has 2 heterocycles. The first-order valence-electron chi connectivity index (χ1n) is 10.2. The van der Waals surface area contributed by atoms with E-state index in [2.05, 4.69) is 79.0 Å². The Morgan fingerprint density at radius 3 is 2.47 bits per heavy atom. The van der Waals surface area contributed by atoms with E-state index in [1.54, 1.807) is 0 Å². The van der Waals surface area contributed by atoms with Crippen LogP contribution in [-0.4, -0.2) is 19.9 Å². The first-order chi connectivity index (χ1) is 14.6. The fourth-order valence-electron chi connectivity index (χ4n) is 3.81. The molecular weight excluding hydrogens is 372 g/mol. The molecule has 0 N–H and O–H groups in total. The molecule has 4 aromatic rings. The van der Waals surface area contributed by atoms with E-state index in [0.717, 1.165) is 30.6 Å². The largest absolute Gasteiger partial charge is 0.332 e. The Bertz CT molecular complexity index is 1150. The Balaban J connectivity index is 1.64. The first kappa shape index (κ1) is 19.8. The van der Waals surface area contributed by atoms with Gasteiger partial charge in [0.05, 0.1) is 0 Å². The van der Waals surface area contributed by atoms with Gasteiger partial charge in [-0.1, -0.05) is 41.6 Å². The number of rotatable bonds is 7. The second-order valence-electron chi connectivity index (χ2n) is 7.50. The molecule has 0 aliphatic rings. The summed E-state index contributed by atoms with van der Waals surface area (Å²) in [6.07, 6.45) is 3.60. The smallest absolute Gasteiger partial charge is 0.278 e. The SMILES string of the molecule is C=CCc1c(C)cc(-c2noc(-c3cc(Cc4ccccc4)n(CC)n3)n2)cc1C. The van der Waals surface area contributed by atoms with Crippen molar-refractivity contribution in [2.75, 3.05) is 0 Å². The molecular formula is C25H26N4O. The molecule has 0 aliphatic heterocycles. The van der Waals surface area contributed by atoms with Crippen LogP contribution in [0.3, 0.4) is 0 Å². The maximum absolute atomic E-state index is 5.57.